The largest absolute Gasteiger partial charge is 0.364 e. The van der Waals surface area contributed by atoms with Crippen LogP contribution in [0.5, 0.6) is 0 Å². The first-order valence-electron chi connectivity index (χ1n) is 12.9. The van der Waals surface area contributed by atoms with Crippen molar-refractivity contribution in [2.24, 2.45) is 17.8 Å². The molecule has 33 heavy (non-hydrogen) atoms. The first-order valence-corrected chi connectivity index (χ1v) is 13.8. The van der Waals surface area contributed by atoms with Crippen LogP contribution < -0.4 is 5.32 Å². The molecule has 190 valence electrons. The minimum atomic E-state index is -0.354. The molecule has 0 radical (unpaired) electrons. The van der Waals surface area contributed by atoms with E-state index in [2.05, 4.69) is 52.0 Å². The average molecular weight is 483 g/mol. The van der Waals surface area contributed by atoms with Crippen molar-refractivity contribution in [2.45, 2.75) is 70.4 Å². The second-order valence-corrected chi connectivity index (χ2v) is 12.7. The molecule has 0 aliphatic carbocycles. The van der Waals surface area contributed by atoms with Gasteiger partial charge in [0, 0.05) is 57.2 Å². The molecule has 2 amide bonds. The number of ether oxygens (including phenoxy) is 1. The Bertz CT molecular complexity index is 654. The molecule has 0 aromatic heterocycles. The van der Waals surface area contributed by atoms with Crippen molar-refractivity contribution >= 4 is 23.6 Å². The fraction of sp³-hybridized carbons (Fsp3) is 0.920. The van der Waals surface area contributed by atoms with Gasteiger partial charge in [-0.05, 0) is 38.8 Å². The molecule has 7 nitrogen and oxygen atoms in total. The quantitative estimate of drug-likeness (QED) is 0.574. The molecule has 1 spiro atoms. The Balaban J connectivity index is 1.61. The summed E-state index contributed by atoms with van der Waals surface area (Å²) in [6.45, 7) is 13.2. The Morgan fingerprint density at radius 1 is 1.18 bits per heavy atom. The molecule has 3 aliphatic rings. The fourth-order valence-corrected chi connectivity index (χ4v) is 6.71. The maximum absolute atomic E-state index is 13.7. The summed E-state index contributed by atoms with van der Waals surface area (Å²) < 4.78 is 6.38. The predicted octanol–water partition coefficient (Wildman–Crippen LogP) is 2.51. The molecule has 3 fully saturated rings. The first-order chi connectivity index (χ1) is 15.6. The molecular weight excluding hydrogens is 436 g/mol. The lowest BCUT2D eigenvalue weighted by Gasteiger charge is -2.47. The number of carbonyl (C=O) groups excluding carboxylic acids is 2. The maximum atomic E-state index is 13.7. The molecule has 3 aliphatic heterocycles. The SMILES string of the molecule is CC(C)CC(C(=O)N1CCC2(CC1)OCC(CN(C)C)CS2)N1CCN[C@@H](CC(C)C)C1=O. The lowest BCUT2D eigenvalue weighted by Crippen LogP contribution is -2.62. The van der Waals surface area contributed by atoms with Crippen LogP contribution in [0.3, 0.4) is 0 Å². The van der Waals surface area contributed by atoms with Crippen LogP contribution in [-0.2, 0) is 14.3 Å². The Morgan fingerprint density at radius 3 is 2.42 bits per heavy atom. The molecule has 1 N–H and O–H groups in total. The molecule has 2 unspecified atom stereocenters. The maximum Gasteiger partial charge on any atom is 0.245 e. The number of thioether (sulfide) groups is 1. The third-order valence-electron chi connectivity index (χ3n) is 7.01. The van der Waals surface area contributed by atoms with Gasteiger partial charge in [0.15, 0.2) is 0 Å². The number of piperidine rings is 1. The zero-order chi connectivity index (χ0) is 24.2. The van der Waals surface area contributed by atoms with Crippen molar-refractivity contribution in [2.75, 3.05) is 59.2 Å². The molecule has 3 rings (SSSR count). The number of rotatable bonds is 8. The van der Waals surface area contributed by atoms with Crippen LogP contribution >= 0.6 is 11.8 Å². The predicted molar refractivity (Wildman–Crippen MR) is 135 cm³/mol. The number of nitrogens with zero attached hydrogens (tertiary/aromatic N) is 3. The molecule has 3 atom stereocenters. The molecule has 8 heteroatoms. The summed E-state index contributed by atoms with van der Waals surface area (Å²) in [5.41, 5.74) is 0. The number of nitrogens with one attached hydrogen (secondary N) is 1. The molecule has 3 saturated heterocycles. The fourth-order valence-electron chi connectivity index (χ4n) is 5.35. The average Bonchev–Trinajstić information content (AvgIpc) is 2.75. The summed E-state index contributed by atoms with van der Waals surface area (Å²) in [5, 5.41) is 3.37. The van der Waals surface area contributed by atoms with E-state index in [0.717, 1.165) is 51.1 Å². The van der Waals surface area contributed by atoms with Crippen molar-refractivity contribution in [1.82, 2.24) is 20.0 Å². The van der Waals surface area contributed by atoms with Crippen LogP contribution in [0.1, 0.15) is 53.4 Å². The van der Waals surface area contributed by atoms with Gasteiger partial charge >= 0.3 is 0 Å². The summed E-state index contributed by atoms with van der Waals surface area (Å²) in [6.07, 6.45) is 3.28. The highest BCUT2D eigenvalue weighted by Crippen LogP contribution is 2.42. The van der Waals surface area contributed by atoms with Crippen LogP contribution in [0.4, 0.5) is 0 Å². The summed E-state index contributed by atoms with van der Waals surface area (Å²) in [5.74, 6) is 2.71. The monoisotopic (exact) mass is 482 g/mol. The third-order valence-corrected chi connectivity index (χ3v) is 8.70. The second kappa shape index (κ2) is 11.7. The van der Waals surface area contributed by atoms with E-state index in [1.54, 1.807) is 0 Å². The second-order valence-electron chi connectivity index (χ2n) is 11.3. The highest BCUT2D eigenvalue weighted by atomic mass is 32.2. The highest BCUT2D eigenvalue weighted by Gasteiger charge is 2.44. The zero-order valence-electron chi connectivity index (χ0n) is 21.6. The molecular formula is C25H46N4O3S. The Labute approximate surface area is 205 Å². The van der Waals surface area contributed by atoms with E-state index in [-0.39, 0.29) is 28.8 Å². The smallest absolute Gasteiger partial charge is 0.245 e. The van der Waals surface area contributed by atoms with Gasteiger partial charge in [-0.1, -0.05) is 27.7 Å². The number of hydrogen-bond acceptors (Lipinski definition) is 6. The third kappa shape index (κ3) is 7.09. The van der Waals surface area contributed by atoms with Gasteiger partial charge in [-0.3, -0.25) is 9.59 Å². The van der Waals surface area contributed by atoms with Crippen LogP contribution in [0.15, 0.2) is 0 Å². The van der Waals surface area contributed by atoms with Gasteiger partial charge in [0.25, 0.3) is 0 Å². The summed E-state index contributed by atoms with van der Waals surface area (Å²) in [6, 6.07) is -0.527. The topological polar surface area (TPSA) is 65.1 Å². The van der Waals surface area contributed by atoms with Crippen molar-refractivity contribution < 1.29 is 14.3 Å². The van der Waals surface area contributed by atoms with E-state index < -0.39 is 0 Å². The lowest BCUT2D eigenvalue weighted by molar-refractivity contribution is -0.151. The number of piperazine rings is 1. The van der Waals surface area contributed by atoms with Gasteiger partial charge in [0.05, 0.1) is 12.6 Å². The minimum Gasteiger partial charge on any atom is -0.364 e. The van der Waals surface area contributed by atoms with Crippen LogP contribution in [0, 0.1) is 17.8 Å². The van der Waals surface area contributed by atoms with E-state index in [9.17, 15) is 9.59 Å². The van der Waals surface area contributed by atoms with Gasteiger partial charge in [0.2, 0.25) is 11.8 Å². The zero-order valence-corrected chi connectivity index (χ0v) is 22.5. The van der Waals surface area contributed by atoms with Gasteiger partial charge in [-0.2, -0.15) is 0 Å². The Morgan fingerprint density at radius 2 is 1.88 bits per heavy atom. The Hall–Kier alpha value is -0.830. The summed E-state index contributed by atoms with van der Waals surface area (Å²) in [4.78, 5) is 33.0. The van der Waals surface area contributed by atoms with Crippen molar-refractivity contribution in [3.63, 3.8) is 0 Å². The normalized spacial score (nSPS) is 27.1. The van der Waals surface area contributed by atoms with Crippen LogP contribution in [0.2, 0.25) is 0 Å². The molecule has 3 heterocycles. The number of amides is 2. The number of likely N-dealkylation sites (tertiary alicyclic amines) is 1. The van der Waals surface area contributed by atoms with E-state index in [1.165, 1.54) is 0 Å². The van der Waals surface area contributed by atoms with Gasteiger partial charge in [-0.25, -0.2) is 0 Å². The van der Waals surface area contributed by atoms with E-state index in [4.69, 9.17) is 4.74 Å². The van der Waals surface area contributed by atoms with E-state index in [0.29, 0.717) is 37.4 Å². The van der Waals surface area contributed by atoms with Crippen molar-refractivity contribution in [3.05, 3.63) is 0 Å². The molecule has 0 aromatic rings. The lowest BCUT2D eigenvalue weighted by atomic mass is 9.95. The standard InChI is InChI=1S/C25H46N4O3S/c1-18(2)13-21-23(30)29(12-9-26-21)22(14-19(3)4)24(31)28-10-7-25(8-11-28)32-16-20(17-33-25)15-27(5)6/h18-22,26H,7-17H2,1-6H3/t20?,21-,22?/m0/s1. The van der Waals surface area contributed by atoms with Crippen LogP contribution in [0.25, 0.3) is 0 Å². The number of carbonyl (C=O) groups is 2. The van der Waals surface area contributed by atoms with Crippen molar-refractivity contribution in [1.29, 1.82) is 0 Å². The van der Waals surface area contributed by atoms with Crippen LogP contribution in [-0.4, -0.2) is 103 Å². The molecule has 0 bridgehead atoms. The minimum absolute atomic E-state index is 0.0977. The van der Waals surface area contributed by atoms with E-state index in [1.807, 2.05) is 21.6 Å². The first kappa shape index (κ1) is 26.8. The van der Waals surface area contributed by atoms with Gasteiger partial charge in [0.1, 0.15) is 11.0 Å². The Kier molecular flexibility index (Phi) is 9.52. The van der Waals surface area contributed by atoms with E-state index >= 15 is 0 Å². The molecule has 0 aromatic carbocycles. The summed E-state index contributed by atoms with van der Waals surface area (Å²) in [7, 11) is 4.22. The van der Waals surface area contributed by atoms with Crippen molar-refractivity contribution in [3.8, 4) is 0 Å². The highest BCUT2D eigenvalue weighted by molar-refractivity contribution is 8.00. The summed E-state index contributed by atoms with van der Waals surface area (Å²) >= 11 is 1.94. The molecule has 0 saturated carbocycles. The van der Waals surface area contributed by atoms with Gasteiger partial charge in [-0.15, -0.1) is 11.8 Å². The van der Waals surface area contributed by atoms with Gasteiger partial charge < -0.3 is 24.8 Å². The number of hydrogen-bond donors (Lipinski definition) is 1.